The molecular formula is C15H25FIN3O2. The van der Waals surface area contributed by atoms with E-state index in [0.717, 1.165) is 12.1 Å². The largest absolute Gasteiger partial charge is 0.383 e. The van der Waals surface area contributed by atoms with Crippen LogP contribution >= 0.6 is 24.0 Å². The second-order valence-electron chi connectivity index (χ2n) is 4.47. The van der Waals surface area contributed by atoms with Gasteiger partial charge in [0.15, 0.2) is 5.96 Å². The van der Waals surface area contributed by atoms with Crippen molar-refractivity contribution in [2.24, 2.45) is 4.99 Å². The van der Waals surface area contributed by atoms with Crippen molar-refractivity contribution in [1.29, 1.82) is 0 Å². The molecule has 126 valence electrons. The summed E-state index contributed by atoms with van der Waals surface area (Å²) in [5.41, 5.74) is 1.48. The second-order valence-corrected chi connectivity index (χ2v) is 4.47. The maximum absolute atomic E-state index is 13.5. The summed E-state index contributed by atoms with van der Waals surface area (Å²) in [6.07, 6.45) is 0. The number of halogens is 2. The Bertz CT molecular complexity index is 458. The molecule has 0 unspecified atom stereocenters. The molecule has 2 N–H and O–H groups in total. The number of ether oxygens (including phenoxy) is 2. The molecular weight excluding hydrogens is 400 g/mol. The van der Waals surface area contributed by atoms with Gasteiger partial charge in [-0.25, -0.2) is 9.38 Å². The fourth-order valence-electron chi connectivity index (χ4n) is 1.78. The fourth-order valence-corrected chi connectivity index (χ4v) is 1.78. The van der Waals surface area contributed by atoms with Gasteiger partial charge in [0.1, 0.15) is 5.82 Å². The lowest BCUT2D eigenvalue weighted by molar-refractivity contribution is 0.181. The molecule has 0 bridgehead atoms. The average molecular weight is 425 g/mol. The van der Waals surface area contributed by atoms with E-state index < -0.39 is 0 Å². The second kappa shape index (κ2) is 12.6. The van der Waals surface area contributed by atoms with Crippen molar-refractivity contribution in [3.8, 4) is 0 Å². The van der Waals surface area contributed by atoms with Gasteiger partial charge in [0.05, 0.1) is 19.8 Å². The Labute approximate surface area is 148 Å². The molecule has 1 aromatic carbocycles. The van der Waals surface area contributed by atoms with Crippen molar-refractivity contribution in [1.82, 2.24) is 10.6 Å². The van der Waals surface area contributed by atoms with Gasteiger partial charge < -0.3 is 20.1 Å². The zero-order valence-electron chi connectivity index (χ0n) is 13.3. The van der Waals surface area contributed by atoms with E-state index in [1.165, 1.54) is 6.07 Å². The van der Waals surface area contributed by atoms with Crippen LogP contribution in [0.4, 0.5) is 4.39 Å². The van der Waals surface area contributed by atoms with E-state index in [1.807, 2.05) is 6.92 Å². The van der Waals surface area contributed by atoms with Gasteiger partial charge in [0.25, 0.3) is 0 Å². The lowest BCUT2D eigenvalue weighted by Crippen LogP contribution is -2.38. The summed E-state index contributed by atoms with van der Waals surface area (Å²) in [6, 6.07) is 4.96. The van der Waals surface area contributed by atoms with Crippen LogP contribution in [0.25, 0.3) is 0 Å². The Morgan fingerprint density at radius 2 is 2.00 bits per heavy atom. The highest BCUT2D eigenvalue weighted by Gasteiger charge is 2.04. The monoisotopic (exact) mass is 425 g/mol. The summed E-state index contributed by atoms with van der Waals surface area (Å²) in [5, 5.41) is 6.31. The molecule has 0 saturated carbocycles. The van der Waals surface area contributed by atoms with Gasteiger partial charge in [0.2, 0.25) is 0 Å². The van der Waals surface area contributed by atoms with E-state index in [2.05, 4.69) is 15.6 Å². The SMILES string of the molecule is CCNC(=NCc1ccc(F)c(COC)c1)NCCOC.I. The van der Waals surface area contributed by atoms with Crippen molar-refractivity contribution in [2.75, 3.05) is 33.9 Å². The molecule has 1 aromatic rings. The van der Waals surface area contributed by atoms with Gasteiger partial charge in [-0.15, -0.1) is 24.0 Å². The number of hydrogen-bond acceptors (Lipinski definition) is 3. The van der Waals surface area contributed by atoms with Crippen LogP contribution in [0.3, 0.4) is 0 Å². The van der Waals surface area contributed by atoms with Gasteiger partial charge >= 0.3 is 0 Å². The maximum atomic E-state index is 13.5. The van der Waals surface area contributed by atoms with Crippen LogP contribution in [0.2, 0.25) is 0 Å². The van der Waals surface area contributed by atoms with Crippen LogP contribution in [-0.2, 0) is 22.6 Å². The van der Waals surface area contributed by atoms with E-state index in [0.29, 0.717) is 31.2 Å². The molecule has 0 saturated heterocycles. The number of nitrogens with one attached hydrogen (secondary N) is 2. The fraction of sp³-hybridized carbons (Fsp3) is 0.533. The van der Waals surface area contributed by atoms with Crippen molar-refractivity contribution in [2.45, 2.75) is 20.1 Å². The highest BCUT2D eigenvalue weighted by Crippen LogP contribution is 2.12. The lowest BCUT2D eigenvalue weighted by Gasteiger charge is -2.11. The minimum atomic E-state index is -0.255. The molecule has 22 heavy (non-hydrogen) atoms. The number of nitrogens with zero attached hydrogens (tertiary/aromatic N) is 1. The molecule has 0 amide bonds. The molecule has 0 aliphatic heterocycles. The zero-order chi connectivity index (χ0) is 15.5. The molecule has 5 nitrogen and oxygen atoms in total. The van der Waals surface area contributed by atoms with Crippen LogP contribution in [0.15, 0.2) is 23.2 Å². The van der Waals surface area contributed by atoms with Crippen LogP contribution in [0.5, 0.6) is 0 Å². The van der Waals surface area contributed by atoms with Crippen molar-refractivity contribution in [3.05, 3.63) is 35.1 Å². The number of benzene rings is 1. The first-order chi connectivity index (χ1) is 10.2. The Kier molecular flexibility index (Phi) is 12.1. The van der Waals surface area contributed by atoms with Crippen LogP contribution in [-0.4, -0.2) is 39.9 Å². The van der Waals surface area contributed by atoms with Gasteiger partial charge in [-0.3, -0.25) is 0 Å². The van der Waals surface area contributed by atoms with Crippen LogP contribution < -0.4 is 10.6 Å². The first kappa shape index (κ1) is 21.1. The van der Waals surface area contributed by atoms with Gasteiger partial charge in [-0.1, -0.05) is 6.07 Å². The summed E-state index contributed by atoms with van der Waals surface area (Å²) in [5.74, 6) is 0.460. The first-order valence-corrected chi connectivity index (χ1v) is 6.98. The molecule has 0 aliphatic rings. The summed E-state index contributed by atoms with van der Waals surface area (Å²) >= 11 is 0. The molecule has 1 rings (SSSR count). The number of aliphatic imine (C=N–C) groups is 1. The summed E-state index contributed by atoms with van der Waals surface area (Å²) in [4.78, 5) is 4.46. The quantitative estimate of drug-likeness (QED) is 0.291. The predicted molar refractivity (Wildman–Crippen MR) is 97.2 cm³/mol. The summed E-state index contributed by atoms with van der Waals surface area (Å²) in [6.45, 7) is 4.80. The molecule has 0 atom stereocenters. The smallest absolute Gasteiger partial charge is 0.191 e. The topological polar surface area (TPSA) is 54.9 Å². The van der Waals surface area contributed by atoms with E-state index in [1.54, 1.807) is 26.4 Å². The number of guanidine groups is 1. The molecule has 7 heteroatoms. The van der Waals surface area contributed by atoms with Gasteiger partial charge in [-0.05, 0) is 24.6 Å². The highest BCUT2D eigenvalue weighted by atomic mass is 127. The Balaban J connectivity index is 0.00000441. The van der Waals surface area contributed by atoms with Crippen LogP contribution in [0, 0.1) is 5.82 Å². The Hall–Kier alpha value is -0.930. The van der Waals surface area contributed by atoms with E-state index in [9.17, 15) is 4.39 Å². The average Bonchev–Trinajstić information content (AvgIpc) is 2.48. The standard InChI is InChI=1S/C15H24FN3O2.HI/c1-4-17-15(18-7-8-20-2)19-10-12-5-6-14(16)13(9-12)11-21-3;/h5-6,9H,4,7-8,10-11H2,1-3H3,(H2,17,18,19);1H. The third kappa shape index (κ3) is 7.90. The zero-order valence-corrected chi connectivity index (χ0v) is 15.6. The summed E-state index contributed by atoms with van der Waals surface area (Å²) < 4.78 is 23.5. The van der Waals surface area contributed by atoms with Crippen LogP contribution in [0.1, 0.15) is 18.1 Å². The number of hydrogen-bond donors (Lipinski definition) is 2. The Morgan fingerprint density at radius 3 is 2.64 bits per heavy atom. The normalized spacial score (nSPS) is 11.0. The van der Waals surface area contributed by atoms with E-state index in [4.69, 9.17) is 9.47 Å². The summed E-state index contributed by atoms with van der Waals surface area (Å²) in [7, 11) is 3.20. The molecule has 0 heterocycles. The predicted octanol–water partition coefficient (Wildman–Crippen LogP) is 2.29. The number of methoxy groups -OCH3 is 2. The van der Waals surface area contributed by atoms with E-state index >= 15 is 0 Å². The number of rotatable bonds is 8. The van der Waals surface area contributed by atoms with Crippen molar-refractivity contribution < 1.29 is 13.9 Å². The highest BCUT2D eigenvalue weighted by molar-refractivity contribution is 14.0. The minimum absolute atomic E-state index is 0. The first-order valence-electron chi connectivity index (χ1n) is 6.98. The van der Waals surface area contributed by atoms with E-state index in [-0.39, 0.29) is 36.4 Å². The molecule has 0 aromatic heterocycles. The lowest BCUT2D eigenvalue weighted by atomic mass is 10.1. The Morgan fingerprint density at radius 1 is 1.23 bits per heavy atom. The maximum Gasteiger partial charge on any atom is 0.191 e. The van der Waals surface area contributed by atoms with Crippen molar-refractivity contribution in [3.63, 3.8) is 0 Å². The third-order valence-electron chi connectivity index (χ3n) is 2.77. The molecule has 0 spiro atoms. The van der Waals surface area contributed by atoms with Crippen molar-refractivity contribution >= 4 is 29.9 Å². The third-order valence-corrected chi connectivity index (χ3v) is 2.77. The van der Waals surface area contributed by atoms with Gasteiger partial charge in [-0.2, -0.15) is 0 Å². The molecule has 0 aliphatic carbocycles. The molecule has 0 fully saturated rings. The minimum Gasteiger partial charge on any atom is -0.383 e. The van der Waals surface area contributed by atoms with Gasteiger partial charge in [0, 0.05) is 32.9 Å². The molecule has 0 radical (unpaired) electrons.